The van der Waals surface area contributed by atoms with E-state index in [9.17, 15) is 19.5 Å². The Morgan fingerprint density at radius 3 is 2.73 bits per heavy atom. The van der Waals surface area contributed by atoms with E-state index in [0.29, 0.717) is 37.0 Å². The molecular weight excluding hydrogens is 336 g/mol. The fourth-order valence-corrected chi connectivity index (χ4v) is 3.58. The van der Waals surface area contributed by atoms with Crippen molar-refractivity contribution in [3.05, 3.63) is 42.0 Å². The Kier molecular flexibility index (Phi) is 5.25. The lowest BCUT2D eigenvalue weighted by atomic mass is 10.0. The number of nitrogens with one attached hydrogen (secondary N) is 1. The zero-order valence-corrected chi connectivity index (χ0v) is 14.6. The van der Waals surface area contributed by atoms with Crippen LogP contribution < -0.4 is 10.1 Å². The average Bonchev–Trinajstić information content (AvgIpc) is 3.06. The molecule has 0 aromatic heterocycles. The van der Waals surface area contributed by atoms with Crippen LogP contribution >= 0.6 is 0 Å². The summed E-state index contributed by atoms with van der Waals surface area (Å²) in [6.45, 7) is 0. The van der Waals surface area contributed by atoms with Crippen molar-refractivity contribution in [3.8, 4) is 5.75 Å². The van der Waals surface area contributed by atoms with Gasteiger partial charge >= 0.3 is 5.97 Å². The molecule has 0 radical (unpaired) electrons. The molecule has 0 bridgehead atoms. The third kappa shape index (κ3) is 3.56. The molecule has 0 unspecified atom stereocenters. The highest BCUT2D eigenvalue weighted by Gasteiger charge is 2.43. The molecule has 7 heteroatoms. The highest BCUT2D eigenvalue weighted by atomic mass is 16.5. The third-order valence-electron chi connectivity index (χ3n) is 4.92. The number of methoxy groups -OCH3 is 1. The van der Waals surface area contributed by atoms with Gasteiger partial charge in [0.25, 0.3) is 5.91 Å². The third-order valence-corrected chi connectivity index (χ3v) is 4.92. The van der Waals surface area contributed by atoms with Crippen molar-refractivity contribution in [2.24, 2.45) is 0 Å². The van der Waals surface area contributed by atoms with Gasteiger partial charge in [-0.3, -0.25) is 9.59 Å². The second kappa shape index (κ2) is 7.59. The second-order valence-corrected chi connectivity index (χ2v) is 6.53. The molecule has 1 saturated heterocycles. The molecule has 1 aromatic rings. The van der Waals surface area contributed by atoms with Crippen LogP contribution in [-0.2, 0) is 9.59 Å². The fraction of sp³-hybridized carbons (Fsp3) is 0.421. The SMILES string of the molecule is COc1cccc(C(=O)N[C@H]2C/C=C\C[C@@H]3CC[C@@H](C(=O)O)N3C2=O)c1. The van der Waals surface area contributed by atoms with Crippen LogP contribution in [0.3, 0.4) is 0 Å². The first-order chi connectivity index (χ1) is 12.5. The van der Waals surface area contributed by atoms with Crippen molar-refractivity contribution in [1.82, 2.24) is 10.2 Å². The van der Waals surface area contributed by atoms with Crippen molar-refractivity contribution in [2.45, 2.75) is 43.8 Å². The van der Waals surface area contributed by atoms with E-state index >= 15 is 0 Å². The lowest BCUT2D eigenvalue weighted by Gasteiger charge is -2.32. The lowest BCUT2D eigenvalue weighted by molar-refractivity contribution is -0.150. The van der Waals surface area contributed by atoms with E-state index in [4.69, 9.17) is 4.74 Å². The molecule has 2 heterocycles. The van der Waals surface area contributed by atoms with E-state index in [-0.39, 0.29) is 17.9 Å². The van der Waals surface area contributed by atoms with E-state index in [1.54, 1.807) is 24.3 Å². The molecule has 2 aliphatic heterocycles. The Hall–Kier alpha value is -2.83. The number of carbonyl (C=O) groups excluding carboxylic acids is 2. The van der Waals surface area contributed by atoms with Crippen LogP contribution in [-0.4, -0.2) is 53.0 Å². The summed E-state index contributed by atoms with van der Waals surface area (Å²) in [5, 5.41) is 12.2. The molecule has 2 aliphatic rings. The molecule has 138 valence electrons. The van der Waals surface area contributed by atoms with Gasteiger partial charge in [0.05, 0.1) is 7.11 Å². The van der Waals surface area contributed by atoms with Crippen molar-refractivity contribution >= 4 is 17.8 Å². The minimum atomic E-state index is -0.997. The van der Waals surface area contributed by atoms with Crippen molar-refractivity contribution in [2.75, 3.05) is 7.11 Å². The average molecular weight is 358 g/mol. The van der Waals surface area contributed by atoms with Crippen LogP contribution in [0.25, 0.3) is 0 Å². The van der Waals surface area contributed by atoms with Crippen molar-refractivity contribution < 1.29 is 24.2 Å². The first kappa shape index (κ1) is 18.0. The number of fused-ring (bicyclic) bond motifs is 1. The van der Waals surface area contributed by atoms with Gasteiger partial charge in [0, 0.05) is 11.6 Å². The quantitative estimate of drug-likeness (QED) is 0.797. The number of aliphatic carboxylic acids is 1. The monoisotopic (exact) mass is 358 g/mol. The maximum absolute atomic E-state index is 13.0. The summed E-state index contributed by atoms with van der Waals surface area (Å²) in [4.78, 5) is 38.5. The highest BCUT2D eigenvalue weighted by molar-refractivity contribution is 5.98. The predicted molar refractivity (Wildman–Crippen MR) is 93.9 cm³/mol. The molecule has 3 atom stereocenters. The van der Waals surface area contributed by atoms with Crippen LogP contribution in [0, 0.1) is 0 Å². The summed E-state index contributed by atoms with van der Waals surface area (Å²) in [5.74, 6) is -1.17. The number of hydrogen-bond donors (Lipinski definition) is 2. The molecule has 1 fully saturated rings. The molecular formula is C19H22N2O5. The fourth-order valence-electron chi connectivity index (χ4n) is 3.58. The smallest absolute Gasteiger partial charge is 0.326 e. The zero-order valence-electron chi connectivity index (χ0n) is 14.6. The first-order valence-corrected chi connectivity index (χ1v) is 8.66. The summed E-state index contributed by atoms with van der Waals surface area (Å²) >= 11 is 0. The number of ether oxygens (including phenoxy) is 1. The Bertz CT molecular complexity index is 745. The Morgan fingerprint density at radius 2 is 2.00 bits per heavy atom. The minimum absolute atomic E-state index is 0.128. The number of carboxylic acids is 1. The van der Waals surface area contributed by atoms with E-state index in [1.165, 1.54) is 12.0 Å². The number of nitrogens with zero attached hydrogens (tertiary/aromatic N) is 1. The zero-order chi connectivity index (χ0) is 18.7. The molecule has 2 N–H and O–H groups in total. The van der Waals surface area contributed by atoms with Gasteiger partial charge in [-0.05, 0) is 43.9 Å². The molecule has 26 heavy (non-hydrogen) atoms. The molecule has 3 rings (SSSR count). The van der Waals surface area contributed by atoms with Gasteiger partial charge in [-0.1, -0.05) is 18.2 Å². The van der Waals surface area contributed by atoms with Gasteiger partial charge in [0.15, 0.2) is 0 Å². The molecule has 1 aromatic carbocycles. The van der Waals surface area contributed by atoms with Gasteiger partial charge in [0.2, 0.25) is 5.91 Å². The van der Waals surface area contributed by atoms with Crippen LogP contribution in [0.1, 0.15) is 36.0 Å². The number of rotatable bonds is 4. The topological polar surface area (TPSA) is 95.9 Å². The van der Waals surface area contributed by atoms with Crippen molar-refractivity contribution in [3.63, 3.8) is 0 Å². The van der Waals surface area contributed by atoms with E-state index in [1.807, 2.05) is 12.2 Å². The second-order valence-electron chi connectivity index (χ2n) is 6.53. The Labute approximate surface area is 151 Å². The van der Waals surface area contributed by atoms with Crippen LogP contribution in [0.2, 0.25) is 0 Å². The number of hydrogen-bond acceptors (Lipinski definition) is 4. The van der Waals surface area contributed by atoms with E-state index < -0.39 is 18.1 Å². The molecule has 2 amide bonds. The van der Waals surface area contributed by atoms with Gasteiger partial charge in [-0.25, -0.2) is 4.79 Å². The van der Waals surface area contributed by atoms with Crippen molar-refractivity contribution in [1.29, 1.82) is 0 Å². The predicted octanol–water partition coefficient (Wildman–Crippen LogP) is 1.59. The normalized spacial score (nSPS) is 26.4. The van der Waals surface area contributed by atoms with E-state index in [2.05, 4.69) is 5.32 Å². The standard InChI is InChI=1S/C19H22N2O5/c1-26-14-7-4-5-12(11-14)17(22)20-15-8-3-2-6-13-9-10-16(19(24)25)21(13)18(15)23/h2-5,7,11,13,15-16H,6,8-10H2,1H3,(H,20,22)(H,24,25)/b3-2-/t13-,15+,16+/m1/s1. The van der Waals surface area contributed by atoms with Gasteiger partial charge in [0.1, 0.15) is 17.8 Å². The summed E-state index contributed by atoms with van der Waals surface area (Å²) in [5.41, 5.74) is 0.385. The lowest BCUT2D eigenvalue weighted by Crippen LogP contribution is -2.54. The molecule has 7 nitrogen and oxygen atoms in total. The maximum atomic E-state index is 13.0. The van der Waals surface area contributed by atoms with Gasteiger partial charge in [-0.2, -0.15) is 0 Å². The molecule has 0 saturated carbocycles. The summed E-state index contributed by atoms with van der Waals surface area (Å²) in [7, 11) is 1.51. The molecule has 0 aliphatic carbocycles. The first-order valence-electron chi connectivity index (χ1n) is 8.66. The van der Waals surface area contributed by atoms with E-state index in [0.717, 1.165) is 0 Å². The van der Waals surface area contributed by atoms with Gasteiger partial charge in [-0.15, -0.1) is 0 Å². The Morgan fingerprint density at radius 1 is 1.23 bits per heavy atom. The summed E-state index contributed by atoms with van der Waals surface area (Å²) < 4.78 is 5.12. The highest BCUT2D eigenvalue weighted by Crippen LogP contribution is 2.29. The Balaban J connectivity index is 1.80. The number of carbonyl (C=O) groups is 3. The molecule has 0 spiro atoms. The van der Waals surface area contributed by atoms with Crippen LogP contribution in [0.4, 0.5) is 0 Å². The number of amides is 2. The van der Waals surface area contributed by atoms with Crippen LogP contribution in [0.5, 0.6) is 5.75 Å². The van der Waals surface area contributed by atoms with Crippen LogP contribution in [0.15, 0.2) is 36.4 Å². The minimum Gasteiger partial charge on any atom is -0.497 e. The largest absolute Gasteiger partial charge is 0.497 e. The number of carboxylic acid groups (broad SMARTS) is 1. The maximum Gasteiger partial charge on any atom is 0.326 e. The number of benzene rings is 1. The van der Waals surface area contributed by atoms with Gasteiger partial charge < -0.3 is 20.1 Å². The summed E-state index contributed by atoms with van der Waals surface area (Å²) in [6.07, 6.45) is 5.91. The summed E-state index contributed by atoms with van der Waals surface area (Å²) in [6, 6.07) is 4.92.